The van der Waals surface area contributed by atoms with Gasteiger partial charge in [-0.15, -0.1) is 11.3 Å². The number of hydrogen-bond acceptors (Lipinski definition) is 3. The van der Waals surface area contributed by atoms with Crippen molar-refractivity contribution in [3.63, 3.8) is 0 Å². The highest BCUT2D eigenvalue weighted by Gasteiger charge is 2.14. The summed E-state index contributed by atoms with van der Waals surface area (Å²) in [5, 5.41) is 11.6. The molecule has 21 heavy (non-hydrogen) atoms. The highest BCUT2D eigenvalue weighted by atomic mass is 35.5. The van der Waals surface area contributed by atoms with E-state index in [1.807, 2.05) is 0 Å². The van der Waals surface area contributed by atoms with Crippen molar-refractivity contribution in [2.45, 2.75) is 26.4 Å². The first-order valence-electron chi connectivity index (χ1n) is 6.91. The minimum absolute atomic E-state index is 0.130. The molecular weight excluding hydrogens is 309 g/mol. The van der Waals surface area contributed by atoms with Gasteiger partial charge in [-0.3, -0.25) is 4.90 Å². The molecule has 114 valence electrons. The van der Waals surface area contributed by atoms with E-state index in [0.29, 0.717) is 30.1 Å². The molecule has 0 unspecified atom stereocenters. The Hall–Kier alpha value is -0.940. The predicted octanol–water partition coefficient (Wildman–Crippen LogP) is 4.23. The van der Waals surface area contributed by atoms with Crippen LogP contribution in [0.2, 0.25) is 5.02 Å². The molecule has 0 bridgehead atoms. The van der Waals surface area contributed by atoms with E-state index in [9.17, 15) is 4.39 Å². The molecule has 0 aliphatic rings. The van der Waals surface area contributed by atoms with Crippen LogP contribution in [0.5, 0.6) is 0 Å². The van der Waals surface area contributed by atoms with Crippen molar-refractivity contribution >= 4 is 22.9 Å². The lowest BCUT2D eigenvalue weighted by Crippen LogP contribution is -2.25. The monoisotopic (exact) mass is 327 g/mol. The second-order valence-corrected chi connectivity index (χ2v) is 6.42. The molecule has 0 aliphatic heterocycles. The third-order valence-corrected chi connectivity index (χ3v) is 4.77. The van der Waals surface area contributed by atoms with Gasteiger partial charge >= 0.3 is 0 Å². The molecule has 0 radical (unpaired) electrons. The van der Waals surface area contributed by atoms with Crippen molar-refractivity contribution in [3.8, 4) is 0 Å². The van der Waals surface area contributed by atoms with Crippen molar-refractivity contribution in [3.05, 3.63) is 56.5 Å². The van der Waals surface area contributed by atoms with E-state index in [1.54, 1.807) is 23.5 Å². The Labute approximate surface area is 133 Å². The summed E-state index contributed by atoms with van der Waals surface area (Å²) < 4.78 is 13.9. The van der Waals surface area contributed by atoms with Gasteiger partial charge in [0.2, 0.25) is 0 Å². The first-order chi connectivity index (χ1) is 10.1. The number of aliphatic hydroxyl groups is 1. The van der Waals surface area contributed by atoms with E-state index in [4.69, 9.17) is 16.7 Å². The van der Waals surface area contributed by atoms with Gasteiger partial charge in [-0.1, -0.05) is 17.7 Å². The van der Waals surface area contributed by atoms with E-state index in [1.165, 1.54) is 16.5 Å². The topological polar surface area (TPSA) is 23.5 Å². The summed E-state index contributed by atoms with van der Waals surface area (Å²) in [5.41, 5.74) is 1.76. The van der Waals surface area contributed by atoms with Crippen LogP contribution in [-0.4, -0.2) is 23.2 Å². The Kier molecular flexibility index (Phi) is 6.18. The zero-order valence-corrected chi connectivity index (χ0v) is 13.6. The quantitative estimate of drug-likeness (QED) is 0.822. The number of benzene rings is 1. The van der Waals surface area contributed by atoms with E-state index in [0.717, 1.165) is 6.54 Å². The summed E-state index contributed by atoms with van der Waals surface area (Å²) in [6, 6.07) is 6.84. The van der Waals surface area contributed by atoms with Gasteiger partial charge in [0.1, 0.15) is 5.82 Å². The summed E-state index contributed by atoms with van der Waals surface area (Å²) in [5.74, 6) is -0.278. The van der Waals surface area contributed by atoms with E-state index in [2.05, 4.69) is 23.3 Å². The van der Waals surface area contributed by atoms with Crippen LogP contribution >= 0.6 is 22.9 Å². The van der Waals surface area contributed by atoms with Gasteiger partial charge in [0, 0.05) is 41.7 Å². The number of halogens is 2. The Morgan fingerprint density at radius 2 is 2.10 bits per heavy atom. The SMILES string of the molecule is Cc1ccsc1CN(CCCO)Cc1c(F)cccc1Cl. The van der Waals surface area contributed by atoms with Crippen LogP contribution in [0.1, 0.15) is 22.4 Å². The normalized spacial score (nSPS) is 11.3. The van der Waals surface area contributed by atoms with Crippen LogP contribution in [0.3, 0.4) is 0 Å². The van der Waals surface area contributed by atoms with Crippen LogP contribution in [0.4, 0.5) is 4.39 Å². The average Bonchev–Trinajstić information content (AvgIpc) is 2.85. The number of hydrogen-bond donors (Lipinski definition) is 1. The molecule has 0 aliphatic carbocycles. The van der Waals surface area contributed by atoms with Gasteiger partial charge in [0.05, 0.1) is 0 Å². The first-order valence-corrected chi connectivity index (χ1v) is 8.16. The lowest BCUT2D eigenvalue weighted by molar-refractivity contribution is 0.212. The van der Waals surface area contributed by atoms with Gasteiger partial charge in [-0.2, -0.15) is 0 Å². The van der Waals surface area contributed by atoms with E-state index >= 15 is 0 Å². The Balaban J connectivity index is 2.14. The second-order valence-electron chi connectivity index (χ2n) is 5.01. The molecule has 1 N–H and O–H groups in total. The molecule has 2 rings (SSSR count). The first kappa shape index (κ1) is 16.4. The second kappa shape index (κ2) is 7.90. The number of rotatable bonds is 7. The van der Waals surface area contributed by atoms with Crippen LogP contribution in [0.15, 0.2) is 29.6 Å². The Bertz CT molecular complexity index is 567. The number of thiophene rings is 1. The minimum atomic E-state index is -0.278. The fourth-order valence-corrected chi connectivity index (χ4v) is 3.35. The predicted molar refractivity (Wildman–Crippen MR) is 86.3 cm³/mol. The molecule has 0 amide bonds. The third-order valence-electron chi connectivity index (χ3n) is 3.41. The van der Waals surface area contributed by atoms with Crippen molar-refractivity contribution in [1.29, 1.82) is 0 Å². The number of aryl methyl sites for hydroxylation is 1. The maximum absolute atomic E-state index is 13.9. The molecule has 1 heterocycles. The zero-order valence-electron chi connectivity index (χ0n) is 12.0. The fourth-order valence-electron chi connectivity index (χ4n) is 2.18. The van der Waals surface area contributed by atoms with Gasteiger partial charge < -0.3 is 5.11 Å². The van der Waals surface area contributed by atoms with Gasteiger partial charge in [0.25, 0.3) is 0 Å². The maximum atomic E-state index is 13.9. The van der Waals surface area contributed by atoms with Gasteiger partial charge in [-0.25, -0.2) is 4.39 Å². The van der Waals surface area contributed by atoms with Gasteiger partial charge in [-0.05, 0) is 42.5 Å². The molecule has 1 aromatic heterocycles. The van der Waals surface area contributed by atoms with Gasteiger partial charge in [0.15, 0.2) is 0 Å². The third kappa shape index (κ3) is 4.51. The molecule has 1 aromatic carbocycles. The van der Waals surface area contributed by atoms with Crippen molar-refractivity contribution in [2.24, 2.45) is 0 Å². The summed E-state index contributed by atoms with van der Waals surface area (Å²) in [6.07, 6.45) is 0.663. The molecule has 0 saturated carbocycles. The van der Waals surface area contributed by atoms with Crippen LogP contribution in [-0.2, 0) is 13.1 Å². The molecule has 5 heteroatoms. The largest absolute Gasteiger partial charge is 0.396 e. The van der Waals surface area contributed by atoms with Crippen molar-refractivity contribution in [1.82, 2.24) is 4.90 Å². The zero-order chi connectivity index (χ0) is 15.2. The Morgan fingerprint density at radius 1 is 1.29 bits per heavy atom. The number of aliphatic hydroxyl groups excluding tert-OH is 1. The van der Waals surface area contributed by atoms with E-state index < -0.39 is 0 Å². The fraction of sp³-hybridized carbons (Fsp3) is 0.375. The van der Waals surface area contributed by atoms with Crippen molar-refractivity contribution in [2.75, 3.05) is 13.2 Å². The Morgan fingerprint density at radius 3 is 2.71 bits per heavy atom. The summed E-state index contributed by atoms with van der Waals surface area (Å²) in [7, 11) is 0. The lowest BCUT2D eigenvalue weighted by Gasteiger charge is -2.22. The smallest absolute Gasteiger partial charge is 0.129 e. The summed E-state index contributed by atoms with van der Waals surface area (Å²) in [4.78, 5) is 3.39. The van der Waals surface area contributed by atoms with Crippen LogP contribution in [0.25, 0.3) is 0 Å². The van der Waals surface area contributed by atoms with E-state index in [-0.39, 0.29) is 12.4 Å². The molecule has 0 saturated heterocycles. The standard InChI is InChI=1S/C16H19ClFNOS/c1-12-6-9-21-16(12)11-19(7-3-8-20)10-13-14(17)4-2-5-15(13)18/h2,4-6,9,20H,3,7-8,10-11H2,1H3. The maximum Gasteiger partial charge on any atom is 0.129 e. The number of nitrogens with zero attached hydrogens (tertiary/aromatic N) is 1. The summed E-state index contributed by atoms with van der Waals surface area (Å²) >= 11 is 7.81. The van der Waals surface area contributed by atoms with Crippen LogP contribution in [0, 0.1) is 12.7 Å². The minimum Gasteiger partial charge on any atom is -0.396 e. The lowest BCUT2D eigenvalue weighted by atomic mass is 10.2. The molecule has 2 nitrogen and oxygen atoms in total. The molecule has 2 aromatic rings. The van der Waals surface area contributed by atoms with Crippen molar-refractivity contribution < 1.29 is 9.50 Å². The molecule has 0 fully saturated rings. The molecular formula is C16H19ClFNOS. The molecule has 0 spiro atoms. The summed E-state index contributed by atoms with van der Waals surface area (Å²) in [6.45, 7) is 4.10. The average molecular weight is 328 g/mol. The molecule has 0 atom stereocenters. The van der Waals surface area contributed by atoms with Crippen LogP contribution < -0.4 is 0 Å². The highest BCUT2D eigenvalue weighted by Crippen LogP contribution is 2.24. The highest BCUT2D eigenvalue weighted by molar-refractivity contribution is 7.10.